The molecule has 1 aromatic heterocycles. The van der Waals surface area contributed by atoms with Crippen LogP contribution in [0, 0.1) is 0 Å². The van der Waals surface area contributed by atoms with Crippen molar-refractivity contribution < 1.29 is 32.2 Å². The number of anilines is 1. The number of thiophene rings is 1. The molecule has 0 saturated carbocycles. The summed E-state index contributed by atoms with van der Waals surface area (Å²) in [7, 11) is 0. The second-order valence-electron chi connectivity index (χ2n) is 6.12. The molecule has 0 spiro atoms. The standard InChI is InChI=1S/C20H14F3NO4S/c21-20(22,23)14-3-1-2-4-15(14)24-19(25)18-7-12(10-29-18)9-26-13-5-6-16-17(8-13)28-11-27-16/h1-8,10H,9,11H2,(H,24,25). The van der Waals surface area contributed by atoms with Gasteiger partial charge in [-0.3, -0.25) is 4.79 Å². The summed E-state index contributed by atoms with van der Waals surface area (Å²) in [6.45, 7) is 0.363. The number of ether oxygens (including phenoxy) is 3. The molecule has 0 saturated heterocycles. The van der Waals surface area contributed by atoms with Crippen molar-refractivity contribution in [3.8, 4) is 17.2 Å². The topological polar surface area (TPSA) is 56.8 Å². The van der Waals surface area contributed by atoms with Gasteiger partial charge in [0, 0.05) is 11.6 Å². The number of alkyl halides is 3. The molecule has 3 aromatic rings. The molecule has 4 rings (SSSR count). The SMILES string of the molecule is O=C(Nc1ccccc1C(F)(F)F)c1cc(COc2ccc3c(c2)OCO3)cs1. The Morgan fingerprint density at radius 2 is 1.90 bits per heavy atom. The fourth-order valence-electron chi connectivity index (χ4n) is 2.73. The number of halogens is 3. The van der Waals surface area contributed by atoms with E-state index in [-0.39, 0.29) is 24.0 Å². The number of amides is 1. The molecular weight excluding hydrogens is 407 g/mol. The van der Waals surface area contributed by atoms with Crippen molar-refractivity contribution in [3.05, 3.63) is 69.9 Å². The summed E-state index contributed by atoms with van der Waals surface area (Å²) < 4.78 is 55.4. The molecule has 0 atom stereocenters. The number of carbonyl (C=O) groups is 1. The lowest BCUT2D eigenvalue weighted by atomic mass is 10.1. The third-order valence-electron chi connectivity index (χ3n) is 4.11. The molecule has 9 heteroatoms. The summed E-state index contributed by atoms with van der Waals surface area (Å²) in [4.78, 5) is 12.7. The number of hydrogen-bond acceptors (Lipinski definition) is 5. The monoisotopic (exact) mass is 421 g/mol. The van der Waals surface area contributed by atoms with Gasteiger partial charge in [-0.2, -0.15) is 13.2 Å². The molecule has 1 aliphatic rings. The third-order valence-corrected chi connectivity index (χ3v) is 5.09. The minimum atomic E-state index is -4.55. The van der Waals surface area contributed by atoms with Crippen molar-refractivity contribution >= 4 is 22.9 Å². The predicted molar refractivity (Wildman–Crippen MR) is 101 cm³/mol. The van der Waals surface area contributed by atoms with E-state index >= 15 is 0 Å². The van der Waals surface area contributed by atoms with Crippen LogP contribution in [0.15, 0.2) is 53.9 Å². The van der Waals surface area contributed by atoms with Crippen LogP contribution in [0.1, 0.15) is 20.8 Å². The molecule has 2 heterocycles. The highest BCUT2D eigenvalue weighted by Crippen LogP contribution is 2.36. The van der Waals surface area contributed by atoms with Crippen LogP contribution in [0.5, 0.6) is 17.2 Å². The van der Waals surface area contributed by atoms with Crippen LogP contribution in [0.2, 0.25) is 0 Å². The second-order valence-corrected chi connectivity index (χ2v) is 7.03. The first-order valence-electron chi connectivity index (χ1n) is 8.47. The van der Waals surface area contributed by atoms with Gasteiger partial charge in [-0.05, 0) is 35.7 Å². The van der Waals surface area contributed by atoms with Gasteiger partial charge in [0.1, 0.15) is 12.4 Å². The zero-order valence-corrected chi connectivity index (χ0v) is 15.6. The molecule has 5 nitrogen and oxygen atoms in total. The van der Waals surface area contributed by atoms with Crippen molar-refractivity contribution in [3.63, 3.8) is 0 Å². The van der Waals surface area contributed by atoms with Gasteiger partial charge in [0.15, 0.2) is 11.5 Å². The number of para-hydroxylation sites is 1. The lowest BCUT2D eigenvalue weighted by Crippen LogP contribution is -2.15. The highest BCUT2D eigenvalue weighted by molar-refractivity contribution is 7.12. The highest BCUT2D eigenvalue weighted by atomic mass is 32.1. The van der Waals surface area contributed by atoms with Crippen molar-refractivity contribution in [1.29, 1.82) is 0 Å². The minimum Gasteiger partial charge on any atom is -0.489 e. The Kier molecular flexibility index (Phi) is 5.06. The molecule has 0 aliphatic carbocycles. The predicted octanol–water partition coefficient (Wildman–Crippen LogP) is 5.33. The molecule has 1 amide bonds. The average molecular weight is 421 g/mol. The maximum Gasteiger partial charge on any atom is 0.418 e. The van der Waals surface area contributed by atoms with E-state index in [1.807, 2.05) is 0 Å². The van der Waals surface area contributed by atoms with Gasteiger partial charge in [0.2, 0.25) is 6.79 Å². The molecule has 0 radical (unpaired) electrons. The molecule has 0 unspecified atom stereocenters. The largest absolute Gasteiger partial charge is 0.489 e. The first-order valence-corrected chi connectivity index (χ1v) is 9.35. The lowest BCUT2D eigenvalue weighted by Gasteiger charge is -2.12. The van der Waals surface area contributed by atoms with E-state index in [0.717, 1.165) is 23.0 Å². The van der Waals surface area contributed by atoms with Gasteiger partial charge in [0.05, 0.1) is 16.1 Å². The third kappa shape index (κ3) is 4.29. The number of carbonyl (C=O) groups excluding carboxylic acids is 1. The van der Waals surface area contributed by atoms with Crippen LogP contribution in [-0.4, -0.2) is 12.7 Å². The number of rotatable bonds is 5. The Balaban J connectivity index is 1.41. The molecule has 150 valence electrons. The van der Waals surface area contributed by atoms with Gasteiger partial charge < -0.3 is 19.5 Å². The van der Waals surface area contributed by atoms with E-state index < -0.39 is 17.6 Å². The van der Waals surface area contributed by atoms with Crippen molar-refractivity contribution in [2.24, 2.45) is 0 Å². The molecule has 0 bridgehead atoms. The maximum atomic E-state index is 13.1. The number of fused-ring (bicyclic) bond motifs is 1. The van der Waals surface area contributed by atoms with Crippen LogP contribution in [0.3, 0.4) is 0 Å². The minimum absolute atomic E-state index is 0.166. The normalized spacial score (nSPS) is 12.7. The van der Waals surface area contributed by atoms with Crippen LogP contribution in [0.4, 0.5) is 18.9 Å². The molecular formula is C20H14F3NO4S. The molecule has 0 fully saturated rings. The van der Waals surface area contributed by atoms with Gasteiger partial charge in [0.25, 0.3) is 5.91 Å². The zero-order valence-electron chi connectivity index (χ0n) is 14.8. The van der Waals surface area contributed by atoms with E-state index in [9.17, 15) is 18.0 Å². The first kappa shape index (κ1) is 19.1. The van der Waals surface area contributed by atoms with Gasteiger partial charge in [-0.15, -0.1) is 11.3 Å². The summed E-state index contributed by atoms with van der Waals surface area (Å²) in [5.41, 5.74) is -0.449. The fourth-order valence-corrected chi connectivity index (χ4v) is 3.52. The zero-order chi connectivity index (χ0) is 20.4. The van der Waals surface area contributed by atoms with E-state index in [2.05, 4.69) is 5.32 Å². The summed E-state index contributed by atoms with van der Waals surface area (Å²) in [6, 6.07) is 11.6. The molecule has 1 N–H and O–H groups in total. The summed E-state index contributed by atoms with van der Waals surface area (Å²) >= 11 is 1.13. The summed E-state index contributed by atoms with van der Waals surface area (Å²) in [6.07, 6.45) is -4.55. The van der Waals surface area contributed by atoms with Crippen molar-refractivity contribution in [2.45, 2.75) is 12.8 Å². The van der Waals surface area contributed by atoms with E-state index in [1.165, 1.54) is 18.2 Å². The van der Waals surface area contributed by atoms with Crippen LogP contribution >= 0.6 is 11.3 Å². The van der Waals surface area contributed by atoms with E-state index in [4.69, 9.17) is 14.2 Å². The quantitative estimate of drug-likeness (QED) is 0.605. The number of benzene rings is 2. The number of hydrogen-bond donors (Lipinski definition) is 1. The summed E-state index contributed by atoms with van der Waals surface area (Å²) in [5.74, 6) is 1.20. The maximum absolute atomic E-state index is 13.1. The van der Waals surface area contributed by atoms with Gasteiger partial charge in [-0.25, -0.2) is 0 Å². The summed E-state index contributed by atoms with van der Waals surface area (Å²) in [5, 5.41) is 4.05. The van der Waals surface area contributed by atoms with Crippen LogP contribution in [0.25, 0.3) is 0 Å². The number of nitrogens with one attached hydrogen (secondary N) is 1. The van der Waals surface area contributed by atoms with Crippen molar-refractivity contribution in [1.82, 2.24) is 0 Å². The first-order chi connectivity index (χ1) is 13.9. The lowest BCUT2D eigenvalue weighted by molar-refractivity contribution is -0.136. The smallest absolute Gasteiger partial charge is 0.418 e. The molecule has 29 heavy (non-hydrogen) atoms. The van der Waals surface area contributed by atoms with Crippen LogP contribution in [-0.2, 0) is 12.8 Å². The van der Waals surface area contributed by atoms with Gasteiger partial charge >= 0.3 is 6.18 Å². The molecule has 2 aromatic carbocycles. The Bertz CT molecular complexity index is 1050. The second kappa shape index (κ2) is 7.67. The fraction of sp³-hybridized carbons (Fsp3) is 0.150. The van der Waals surface area contributed by atoms with Crippen molar-refractivity contribution in [2.75, 3.05) is 12.1 Å². The van der Waals surface area contributed by atoms with Gasteiger partial charge in [-0.1, -0.05) is 12.1 Å². The highest BCUT2D eigenvalue weighted by Gasteiger charge is 2.33. The Labute approximate surface area is 167 Å². The van der Waals surface area contributed by atoms with E-state index in [0.29, 0.717) is 17.2 Å². The average Bonchev–Trinajstić information content (AvgIpc) is 3.35. The molecule has 1 aliphatic heterocycles. The Hall–Kier alpha value is -3.20. The van der Waals surface area contributed by atoms with Crippen LogP contribution < -0.4 is 19.5 Å². The Morgan fingerprint density at radius 1 is 1.10 bits per heavy atom. The van der Waals surface area contributed by atoms with E-state index in [1.54, 1.807) is 29.6 Å². The Morgan fingerprint density at radius 3 is 2.72 bits per heavy atom.